The zero-order chi connectivity index (χ0) is 18.8. The Morgan fingerprint density at radius 1 is 1.44 bits per heavy atom. The van der Waals surface area contributed by atoms with Gasteiger partial charge in [-0.1, -0.05) is 12.5 Å². The number of rotatable bonds is 5. The number of fused-ring (bicyclic) bond motifs is 1. The number of benzene rings is 1. The van der Waals surface area contributed by atoms with Crippen LogP contribution in [-0.4, -0.2) is 22.4 Å². The highest BCUT2D eigenvalue weighted by Crippen LogP contribution is 2.31. The number of amides is 1. The van der Waals surface area contributed by atoms with Crippen molar-refractivity contribution >= 4 is 16.8 Å². The monoisotopic (exact) mass is 360 g/mol. The summed E-state index contributed by atoms with van der Waals surface area (Å²) >= 11 is 0. The molecule has 1 fully saturated rings. The molecule has 0 radical (unpaired) electrons. The highest BCUT2D eigenvalue weighted by molar-refractivity contribution is 6.08. The number of carbonyl (C=O) groups is 1. The van der Waals surface area contributed by atoms with Crippen molar-refractivity contribution in [3.8, 4) is 17.7 Å². The molecule has 1 saturated carbocycles. The number of aromatic nitrogens is 2. The van der Waals surface area contributed by atoms with Crippen LogP contribution >= 0.6 is 0 Å². The molecule has 2 heterocycles. The number of hydrogen-bond donors (Lipinski definition) is 2. The molecule has 4 rings (SSSR count). The minimum absolute atomic E-state index is 0.111. The van der Waals surface area contributed by atoms with Crippen LogP contribution in [0.4, 0.5) is 0 Å². The Morgan fingerprint density at radius 3 is 3.04 bits per heavy atom. The molecule has 136 valence electrons. The molecular weight excluding hydrogens is 340 g/mol. The van der Waals surface area contributed by atoms with Gasteiger partial charge in [0.05, 0.1) is 17.2 Å². The number of hydrogen-bond acceptors (Lipinski definition) is 4. The summed E-state index contributed by atoms with van der Waals surface area (Å²) in [5.74, 6) is 1.39. The van der Waals surface area contributed by atoms with Crippen LogP contribution in [0.15, 0.2) is 36.7 Å². The predicted octanol–water partition coefficient (Wildman–Crippen LogP) is 4.07. The van der Waals surface area contributed by atoms with Crippen molar-refractivity contribution in [2.45, 2.75) is 26.2 Å². The van der Waals surface area contributed by atoms with Crippen LogP contribution in [0.3, 0.4) is 0 Å². The zero-order valence-corrected chi connectivity index (χ0v) is 15.1. The minimum Gasteiger partial charge on any atom is -0.437 e. The average molecular weight is 360 g/mol. The summed E-state index contributed by atoms with van der Waals surface area (Å²) in [6, 6.07) is 8.98. The van der Waals surface area contributed by atoms with Gasteiger partial charge >= 0.3 is 0 Å². The quantitative estimate of drug-likeness (QED) is 0.718. The summed E-state index contributed by atoms with van der Waals surface area (Å²) < 4.78 is 5.88. The smallest absolute Gasteiger partial charge is 0.253 e. The number of carbonyl (C=O) groups excluding carboxylic acids is 1. The highest BCUT2D eigenvalue weighted by Gasteiger charge is 2.21. The van der Waals surface area contributed by atoms with E-state index in [4.69, 9.17) is 10.00 Å². The molecule has 1 amide bonds. The van der Waals surface area contributed by atoms with Crippen molar-refractivity contribution < 1.29 is 9.53 Å². The first kappa shape index (κ1) is 17.1. The van der Waals surface area contributed by atoms with Crippen LogP contribution in [0, 0.1) is 24.2 Å². The molecule has 0 unspecified atom stereocenters. The van der Waals surface area contributed by atoms with E-state index in [0.717, 1.165) is 10.9 Å². The van der Waals surface area contributed by atoms with Crippen molar-refractivity contribution in [3.63, 3.8) is 0 Å². The molecule has 6 nitrogen and oxygen atoms in total. The van der Waals surface area contributed by atoms with E-state index in [-0.39, 0.29) is 5.91 Å². The number of pyridine rings is 1. The van der Waals surface area contributed by atoms with Crippen LogP contribution in [0.2, 0.25) is 0 Å². The third kappa shape index (κ3) is 3.36. The standard InChI is InChI=1S/C21H20N4O2/c1-13-10-23-19-18(13)17(20(26)24-11-14-4-2-5-14)12-25-21(19)27-16-7-3-6-15(8-16)9-22/h3,6-8,10,12,14,23H,2,4-5,11H2,1H3,(H,24,26). The second-order valence-corrected chi connectivity index (χ2v) is 6.95. The van der Waals surface area contributed by atoms with E-state index in [1.165, 1.54) is 19.3 Å². The number of H-pyrrole nitrogens is 1. The molecule has 0 aliphatic heterocycles. The van der Waals surface area contributed by atoms with Crippen molar-refractivity contribution in [2.75, 3.05) is 6.54 Å². The van der Waals surface area contributed by atoms with Crippen LogP contribution in [0.25, 0.3) is 10.9 Å². The molecule has 1 aliphatic carbocycles. The van der Waals surface area contributed by atoms with Crippen molar-refractivity contribution in [1.82, 2.24) is 15.3 Å². The van der Waals surface area contributed by atoms with Gasteiger partial charge in [-0.3, -0.25) is 4.79 Å². The maximum atomic E-state index is 12.7. The molecule has 2 N–H and O–H groups in total. The van der Waals surface area contributed by atoms with Gasteiger partial charge in [0.15, 0.2) is 0 Å². The maximum absolute atomic E-state index is 12.7. The lowest BCUT2D eigenvalue weighted by molar-refractivity contribution is 0.0940. The molecule has 0 atom stereocenters. The van der Waals surface area contributed by atoms with Crippen molar-refractivity contribution in [1.29, 1.82) is 5.26 Å². The number of aromatic amines is 1. The molecule has 0 bridgehead atoms. The van der Waals surface area contributed by atoms with Crippen LogP contribution in [-0.2, 0) is 0 Å². The van der Waals surface area contributed by atoms with E-state index in [1.807, 2.05) is 13.1 Å². The van der Waals surface area contributed by atoms with E-state index in [1.54, 1.807) is 30.5 Å². The highest BCUT2D eigenvalue weighted by atomic mass is 16.5. The average Bonchev–Trinajstić information content (AvgIpc) is 3.03. The lowest BCUT2D eigenvalue weighted by Gasteiger charge is -2.25. The van der Waals surface area contributed by atoms with E-state index < -0.39 is 0 Å². The Morgan fingerprint density at radius 2 is 2.30 bits per heavy atom. The Bertz CT molecular complexity index is 1040. The Balaban J connectivity index is 1.64. The number of nitriles is 1. The minimum atomic E-state index is -0.111. The summed E-state index contributed by atoms with van der Waals surface area (Å²) in [4.78, 5) is 20.2. The van der Waals surface area contributed by atoms with Gasteiger partial charge in [-0.05, 0) is 49.4 Å². The Labute approximate surface area is 157 Å². The van der Waals surface area contributed by atoms with Gasteiger partial charge in [-0.15, -0.1) is 0 Å². The third-order valence-corrected chi connectivity index (χ3v) is 5.07. The fourth-order valence-electron chi connectivity index (χ4n) is 3.31. The van der Waals surface area contributed by atoms with E-state index in [9.17, 15) is 4.79 Å². The summed E-state index contributed by atoms with van der Waals surface area (Å²) in [5.41, 5.74) is 2.68. The molecule has 27 heavy (non-hydrogen) atoms. The maximum Gasteiger partial charge on any atom is 0.253 e. The zero-order valence-electron chi connectivity index (χ0n) is 15.1. The number of nitrogens with zero attached hydrogens (tertiary/aromatic N) is 2. The van der Waals surface area contributed by atoms with Gasteiger partial charge in [0.1, 0.15) is 11.3 Å². The van der Waals surface area contributed by atoms with Gasteiger partial charge in [-0.25, -0.2) is 4.98 Å². The molecule has 0 spiro atoms. The fourth-order valence-corrected chi connectivity index (χ4v) is 3.31. The second-order valence-electron chi connectivity index (χ2n) is 6.95. The van der Waals surface area contributed by atoms with Crippen molar-refractivity contribution in [2.24, 2.45) is 5.92 Å². The fraction of sp³-hybridized carbons (Fsp3) is 0.286. The van der Waals surface area contributed by atoms with Crippen LogP contribution in [0.5, 0.6) is 11.6 Å². The van der Waals surface area contributed by atoms with E-state index >= 15 is 0 Å². The lowest BCUT2D eigenvalue weighted by atomic mass is 9.85. The molecule has 3 aromatic rings. The molecule has 1 aromatic carbocycles. The molecular formula is C21H20N4O2. The summed E-state index contributed by atoms with van der Waals surface area (Å²) in [6.45, 7) is 2.66. The SMILES string of the molecule is Cc1c[nH]c2c(Oc3cccc(C#N)c3)ncc(C(=O)NCC3CCC3)c12. The topological polar surface area (TPSA) is 90.8 Å². The first-order chi connectivity index (χ1) is 13.2. The van der Waals surface area contributed by atoms with Crippen molar-refractivity contribution in [3.05, 3.63) is 53.3 Å². The van der Waals surface area contributed by atoms with Gasteiger partial charge in [-0.2, -0.15) is 5.26 Å². The van der Waals surface area contributed by atoms with Gasteiger partial charge in [0, 0.05) is 24.3 Å². The molecule has 1 aliphatic rings. The first-order valence-corrected chi connectivity index (χ1v) is 9.08. The normalized spacial score (nSPS) is 13.8. The van der Waals surface area contributed by atoms with E-state index in [0.29, 0.717) is 40.7 Å². The largest absolute Gasteiger partial charge is 0.437 e. The van der Waals surface area contributed by atoms with Crippen LogP contribution in [0.1, 0.15) is 40.7 Å². The van der Waals surface area contributed by atoms with E-state index in [2.05, 4.69) is 21.4 Å². The Hall–Kier alpha value is -3.33. The van der Waals surface area contributed by atoms with Gasteiger partial charge in [0.2, 0.25) is 5.88 Å². The number of nitrogens with one attached hydrogen (secondary N) is 2. The van der Waals surface area contributed by atoms with Gasteiger partial charge < -0.3 is 15.0 Å². The predicted molar refractivity (Wildman–Crippen MR) is 102 cm³/mol. The van der Waals surface area contributed by atoms with Crippen LogP contribution < -0.4 is 10.1 Å². The summed E-state index contributed by atoms with van der Waals surface area (Å²) in [6.07, 6.45) is 7.02. The summed E-state index contributed by atoms with van der Waals surface area (Å²) in [7, 11) is 0. The molecule has 6 heteroatoms. The number of ether oxygens (including phenoxy) is 1. The third-order valence-electron chi connectivity index (χ3n) is 5.07. The molecule has 0 saturated heterocycles. The number of aryl methyl sites for hydroxylation is 1. The Kier molecular flexibility index (Phi) is 4.51. The summed E-state index contributed by atoms with van der Waals surface area (Å²) in [5, 5.41) is 12.9. The lowest BCUT2D eigenvalue weighted by Crippen LogP contribution is -2.32. The molecule has 2 aromatic heterocycles. The first-order valence-electron chi connectivity index (χ1n) is 9.08. The second kappa shape index (κ2) is 7.12. The van der Waals surface area contributed by atoms with Gasteiger partial charge in [0.25, 0.3) is 5.91 Å².